The molecule has 1 N–H and O–H groups in total. The van der Waals surface area contributed by atoms with Crippen LogP contribution in [0.4, 0.5) is 13.2 Å². The van der Waals surface area contributed by atoms with Crippen molar-refractivity contribution in [3.05, 3.63) is 29.3 Å². The Morgan fingerprint density at radius 1 is 1.14 bits per heavy atom. The van der Waals surface area contributed by atoms with Gasteiger partial charge in [-0.05, 0) is 67.6 Å². The van der Waals surface area contributed by atoms with Crippen molar-refractivity contribution in [3.63, 3.8) is 0 Å². The van der Waals surface area contributed by atoms with E-state index in [1.807, 2.05) is 13.8 Å². The zero-order valence-electron chi connectivity index (χ0n) is 16.6. The van der Waals surface area contributed by atoms with Gasteiger partial charge in [-0.3, -0.25) is 0 Å². The third-order valence-corrected chi connectivity index (χ3v) is 7.00. The Hall–Kier alpha value is -1.76. The van der Waals surface area contributed by atoms with Gasteiger partial charge in [0, 0.05) is 5.92 Å². The molecule has 0 saturated heterocycles. The lowest BCUT2D eigenvalue weighted by molar-refractivity contribution is -0.169. The van der Waals surface area contributed by atoms with Crippen molar-refractivity contribution in [1.82, 2.24) is 0 Å². The zero-order chi connectivity index (χ0) is 20.9. The predicted molar refractivity (Wildman–Crippen MR) is 99.6 cm³/mol. The first-order valence-corrected chi connectivity index (χ1v) is 10.4. The summed E-state index contributed by atoms with van der Waals surface area (Å²) in [5, 5.41) is 9.17. The molecule has 160 valence electrons. The molecule has 0 amide bonds. The van der Waals surface area contributed by atoms with Crippen LogP contribution in [0.2, 0.25) is 0 Å². The third-order valence-electron chi connectivity index (χ3n) is 7.00. The second kappa shape index (κ2) is 7.49. The minimum atomic E-state index is -4.64. The van der Waals surface area contributed by atoms with E-state index in [1.165, 1.54) is 19.3 Å². The van der Waals surface area contributed by atoms with Crippen LogP contribution in [-0.4, -0.2) is 23.5 Å². The fourth-order valence-electron chi connectivity index (χ4n) is 5.77. The number of benzene rings is 1. The van der Waals surface area contributed by atoms with E-state index in [1.54, 1.807) is 0 Å². The first kappa shape index (κ1) is 20.5. The van der Waals surface area contributed by atoms with Crippen molar-refractivity contribution in [2.24, 2.45) is 29.6 Å². The first-order valence-electron chi connectivity index (χ1n) is 10.4. The highest BCUT2D eigenvalue weighted by molar-refractivity contribution is 5.88. The molecule has 3 fully saturated rings. The maximum atomic E-state index is 13.4. The van der Waals surface area contributed by atoms with Gasteiger partial charge in [-0.25, -0.2) is 4.79 Å². The fraction of sp³-hybridized carbons (Fsp3) is 0.682. The molecule has 29 heavy (non-hydrogen) atoms. The van der Waals surface area contributed by atoms with Gasteiger partial charge in [0.1, 0.15) is 5.75 Å². The second-order valence-electron chi connectivity index (χ2n) is 9.07. The molecule has 0 aromatic heterocycles. The van der Waals surface area contributed by atoms with Crippen molar-refractivity contribution in [2.75, 3.05) is 0 Å². The van der Waals surface area contributed by atoms with E-state index >= 15 is 0 Å². The minimum absolute atomic E-state index is 0.00347. The molecule has 1 aromatic carbocycles. The second-order valence-corrected chi connectivity index (χ2v) is 9.07. The molecule has 4 nitrogen and oxygen atoms in total. The van der Waals surface area contributed by atoms with E-state index in [4.69, 9.17) is 14.6 Å². The number of hydrogen-bond donors (Lipinski definition) is 1. The molecule has 4 rings (SSSR count). The Kier molecular flexibility index (Phi) is 5.30. The van der Waals surface area contributed by atoms with Gasteiger partial charge in [0.2, 0.25) is 6.29 Å². The summed E-state index contributed by atoms with van der Waals surface area (Å²) in [5.74, 6) is 0.623. The number of hydrogen-bond acceptors (Lipinski definition) is 3. The summed E-state index contributed by atoms with van der Waals surface area (Å²) in [7, 11) is 0. The van der Waals surface area contributed by atoms with Crippen LogP contribution in [-0.2, 0) is 10.9 Å². The van der Waals surface area contributed by atoms with Crippen LogP contribution in [0, 0.1) is 29.6 Å². The summed E-state index contributed by atoms with van der Waals surface area (Å²) in [5.41, 5.74) is -1.23. The molecule has 0 spiro atoms. The average molecular weight is 412 g/mol. The van der Waals surface area contributed by atoms with E-state index in [9.17, 15) is 18.0 Å². The van der Waals surface area contributed by atoms with Gasteiger partial charge in [0.15, 0.2) is 0 Å². The molecule has 2 bridgehead atoms. The maximum Gasteiger partial charge on any atom is 0.419 e. The number of carboxylic acids is 1. The molecule has 6 atom stereocenters. The zero-order valence-corrected chi connectivity index (χ0v) is 16.6. The van der Waals surface area contributed by atoms with E-state index in [0.717, 1.165) is 37.0 Å². The number of alkyl halides is 3. The van der Waals surface area contributed by atoms with Gasteiger partial charge in [0.05, 0.1) is 17.2 Å². The molecule has 3 aliphatic rings. The lowest BCUT2D eigenvalue weighted by Crippen LogP contribution is -2.38. The summed E-state index contributed by atoms with van der Waals surface area (Å²) < 4.78 is 52.3. The van der Waals surface area contributed by atoms with Gasteiger partial charge in [-0.2, -0.15) is 13.2 Å². The third kappa shape index (κ3) is 3.86. The number of rotatable bonds is 6. The maximum absolute atomic E-state index is 13.4. The number of ether oxygens (including phenoxy) is 2. The highest BCUT2D eigenvalue weighted by Gasteiger charge is 2.55. The van der Waals surface area contributed by atoms with Crippen LogP contribution >= 0.6 is 0 Å². The lowest BCUT2D eigenvalue weighted by atomic mass is 9.80. The molecule has 1 aromatic rings. The van der Waals surface area contributed by atoms with E-state index in [2.05, 4.69) is 0 Å². The van der Waals surface area contributed by atoms with Crippen molar-refractivity contribution in [2.45, 2.75) is 64.5 Å². The summed E-state index contributed by atoms with van der Waals surface area (Å²) in [6.45, 7) is 3.68. The average Bonchev–Trinajstić information content (AvgIpc) is 3.33. The van der Waals surface area contributed by atoms with Crippen LogP contribution in [0.25, 0.3) is 0 Å². The van der Waals surface area contributed by atoms with Crippen molar-refractivity contribution < 1.29 is 32.5 Å². The summed E-state index contributed by atoms with van der Waals surface area (Å²) in [6, 6.07) is 2.65. The summed E-state index contributed by atoms with van der Waals surface area (Å²) in [6.07, 6.45) is 0.366. The van der Waals surface area contributed by atoms with Gasteiger partial charge in [-0.1, -0.05) is 20.3 Å². The van der Waals surface area contributed by atoms with Gasteiger partial charge >= 0.3 is 12.1 Å². The quantitative estimate of drug-likeness (QED) is 0.618. The molecule has 3 aliphatic carbocycles. The first-order chi connectivity index (χ1) is 13.6. The molecule has 0 radical (unpaired) electrons. The largest absolute Gasteiger partial charge is 0.478 e. The lowest BCUT2D eigenvalue weighted by Gasteiger charge is -2.35. The topological polar surface area (TPSA) is 55.8 Å². The Morgan fingerprint density at radius 3 is 2.52 bits per heavy atom. The SMILES string of the molecule is CC(C)C(Oc1cc(C(=O)O)ccc1C(F)(F)F)OC1CC2CC1C1CCCC21. The van der Waals surface area contributed by atoms with Crippen LogP contribution in [0.3, 0.4) is 0 Å². The molecular formula is C22H27F3O4. The number of carboxylic acid groups (broad SMARTS) is 1. The highest BCUT2D eigenvalue weighted by Crippen LogP contribution is 2.59. The van der Waals surface area contributed by atoms with Gasteiger partial charge in [-0.15, -0.1) is 0 Å². The monoisotopic (exact) mass is 412 g/mol. The fourth-order valence-corrected chi connectivity index (χ4v) is 5.77. The van der Waals surface area contributed by atoms with Crippen LogP contribution in [0.15, 0.2) is 18.2 Å². The Balaban J connectivity index is 1.54. The Morgan fingerprint density at radius 2 is 1.86 bits per heavy atom. The molecule has 6 unspecified atom stereocenters. The number of halogens is 3. The van der Waals surface area contributed by atoms with Gasteiger partial charge in [0.25, 0.3) is 0 Å². The van der Waals surface area contributed by atoms with Crippen LogP contribution < -0.4 is 4.74 Å². The summed E-state index contributed by atoms with van der Waals surface area (Å²) in [4.78, 5) is 11.2. The van der Waals surface area contributed by atoms with E-state index in [0.29, 0.717) is 17.8 Å². The standard InChI is InChI=1S/C22H27F3O4/c1-11(2)21(28-18-10-13-8-16(18)15-5-3-4-14(13)15)29-19-9-12(20(26)27)6-7-17(19)22(23,24)25/h6-7,9,11,13-16,18,21H,3-5,8,10H2,1-2H3,(H,26,27). The molecular weight excluding hydrogens is 385 g/mol. The van der Waals surface area contributed by atoms with Crippen molar-refractivity contribution in [1.29, 1.82) is 0 Å². The van der Waals surface area contributed by atoms with Crippen LogP contribution in [0.5, 0.6) is 5.75 Å². The molecule has 0 aliphatic heterocycles. The molecule has 7 heteroatoms. The Labute approximate surface area is 168 Å². The number of fused-ring (bicyclic) bond motifs is 5. The van der Waals surface area contributed by atoms with Crippen molar-refractivity contribution in [3.8, 4) is 5.75 Å². The smallest absolute Gasteiger partial charge is 0.419 e. The van der Waals surface area contributed by atoms with Crippen molar-refractivity contribution >= 4 is 5.97 Å². The Bertz CT molecular complexity index is 776. The summed E-state index contributed by atoms with van der Waals surface area (Å²) >= 11 is 0. The van der Waals surface area contributed by atoms with Gasteiger partial charge < -0.3 is 14.6 Å². The number of carbonyl (C=O) groups is 1. The predicted octanol–water partition coefficient (Wildman–Crippen LogP) is 5.61. The number of aromatic carboxylic acids is 1. The van der Waals surface area contributed by atoms with E-state index in [-0.39, 0.29) is 17.6 Å². The minimum Gasteiger partial charge on any atom is -0.478 e. The van der Waals surface area contributed by atoms with Crippen LogP contribution in [0.1, 0.15) is 61.9 Å². The molecule has 0 heterocycles. The normalized spacial score (nSPS) is 31.9. The highest BCUT2D eigenvalue weighted by atomic mass is 19.4. The molecule has 3 saturated carbocycles. The van der Waals surface area contributed by atoms with E-state index < -0.39 is 29.7 Å².